The average molecular weight is 614 g/mol. The quantitative estimate of drug-likeness (QED) is 0.285. The van der Waals surface area contributed by atoms with Crippen LogP contribution in [0.15, 0.2) is 78.2 Å². The molecule has 1 amide bonds. The summed E-state index contributed by atoms with van der Waals surface area (Å²) in [5.74, 6) is -0.232. The molecule has 44 heavy (non-hydrogen) atoms. The number of sulfonamides is 1. The molecule has 1 saturated carbocycles. The zero-order chi connectivity index (χ0) is 31.4. The third kappa shape index (κ3) is 4.98. The SMILES string of the molecule is COc1c(NS(C)(=O)=O)cc(C2(C)CC2)cc1C1(n2cc(-c3cnn(-c4ccccc4)c3C)nn2)CC(C(N)=O)=CC=C1C. The van der Waals surface area contributed by atoms with Gasteiger partial charge in [-0.15, -0.1) is 5.10 Å². The lowest BCUT2D eigenvalue weighted by atomic mass is 9.73. The maximum atomic E-state index is 12.6. The van der Waals surface area contributed by atoms with Gasteiger partial charge in [0.2, 0.25) is 15.9 Å². The van der Waals surface area contributed by atoms with E-state index in [0.29, 0.717) is 28.3 Å². The average Bonchev–Trinajstić information content (AvgIpc) is 3.35. The van der Waals surface area contributed by atoms with Gasteiger partial charge in [0.15, 0.2) is 0 Å². The van der Waals surface area contributed by atoms with Crippen molar-refractivity contribution in [1.29, 1.82) is 0 Å². The molecule has 2 aromatic heterocycles. The number of primary amides is 1. The smallest absolute Gasteiger partial charge is 0.244 e. The van der Waals surface area contributed by atoms with Gasteiger partial charge in [-0.3, -0.25) is 9.52 Å². The summed E-state index contributed by atoms with van der Waals surface area (Å²) in [6, 6.07) is 13.7. The van der Waals surface area contributed by atoms with Crippen molar-refractivity contribution in [3.05, 3.63) is 95.0 Å². The summed E-state index contributed by atoms with van der Waals surface area (Å²) in [6.07, 6.45) is 10.3. The number of methoxy groups -OCH3 is 1. The Kier molecular flexibility index (Phi) is 6.99. The fraction of sp³-hybridized carbons (Fsp3) is 0.312. The van der Waals surface area contributed by atoms with Crippen LogP contribution in [-0.2, 0) is 25.8 Å². The van der Waals surface area contributed by atoms with Crippen LogP contribution in [0.3, 0.4) is 0 Å². The summed E-state index contributed by atoms with van der Waals surface area (Å²) < 4.78 is 37.2. The summed E-state index contributed by atoms with van der Waals surface area (Å²) in [5, 5.41) is 13.8. The zero-order valence-corrected chi connectivity index (χ0v) is 26.1. The molecule has 1 fully saturated rings. The van der Waals surface area contributed by atoms with Crippen LogP contribution in [0.2, 0.25) is 0 Å². The molecule has 4 aromatic rings. The first-order valence-electron chi connectivity index (χ1n) is 14.3. The Morgan fingerprint density at radius 1 is 1.11 bits per heavy atom. The molecular weight excluding hydrogens is 578 g/mol. The number of benzene rings is 2. The second kappa shape index (κ2) is 10.5. The highest BCUT2D eigenvalue weighted by molar-refractivity contribution is 7.92. The molecule has 228 valence electrons. The number of ether oxygens (including phenoxy) is 1. The molecule has 11 nitrogen and oxygen atoms in total. The largest absolute Gasteiger partial charge is 0.494 e. The Morgan fingerprint density at radius 3 is 2.48 bits per heavy atom. The van der Waals surface area contributed by atoms with Crippen molar-refractivity contribution in [2.75, 3.05) is 18.1 Å². The molecule has 0 aliphatic heterocycles. The van der Waals surface area contributed by atoms with Gasteiger partial charge in [-0.1, -0.05) is 42.5 Å². The fourth-order valence-electron chi connectivity index (χ4n) is 6.02. The number of nitrogens with two attached hydrogens (primary N) is 1. The molecule has 0 saturated heterocycles. The Morgan fingerprint density at radius 2 is 1.84 bits per heavy atom. The summed E-state index contributed by atoms with van der Waals surface area (Å²) in [7, 11) is -2.15. The second-order valence-electron chi connectivity index (χ2n) is 11.9. The standard InChI is InChI=1S/C32H35N7O4S/c1-20-11-12-22(30(33)40)17-32(20,26-15-23(31(3)13-14-31)16-27(29(26)43-4)36-44(5,41)42)38-19-28(35-37-38)25-18-34-39(21(25)2)24-9-7-6-8-10-24/h6-12,15-16,18-19,36H,13-14,17H2,1-5H3,(H2,33,40). The van der Waals surface area contributed by atoms with E-state index in [9.17, 15) is 13.2 Å². The predicted molar refractivity (Wildman–Crippen MR) is 168 cm³/mol. The first-order chi connectivity index (χ1) is 20.9. The van der Waals surface area contributed by atoms with Crippen LogP contribution in [0.4, 0.5) is 5.69 Å². The van der Waals surface area contributed by atoms with E-state index in [0.717, 1.165) is 47.2 Å². The predicted octanol–water partition coefficient (Wildman–Crippen LogP) is 4.38. The van der Waals surface area contributed by atoms with E-state index < -0.39 is 21.5 Å². The van der Waals surface area contributed by atoms with Crippen molar-refractivity contribution in [1.82, 2.24) is 24.8 Å². The molecule has 1 atom stereocenters. The number of hydrogen-bond acceptors (Lipinski definition) is 7. The van der Waals surface area contributed by atoms with E-state index in [-0.39, 0.29) is 11.8 Å². The molecule has 12 heteroatoms. The number of carbonyl (C=O) groups is 1. The Hall–Kier alpha value is -4.71. The molecule has 2 aromatic carbocycles. The van der Waals surface area contributed by atoms with Gasteiger partial charge < -0.3 is 10.5 Å². The molecule has 3 N–H and O–H groups in total. The highest BCUT2D eigenvalue weighted by atomic mass is 32.2. The lowest BCUT2D eigenvalue weighted by Crippen LogP contribution is -2.41. The fourth-order valence-corrected chi connectivity index (χ4v) is 6.57. The van der Waals surface area contributed by atoms with Crippen molar-refractivity contribution in [2.24, 2.45) is 5.73 Å². The monoisotopic (exact) mass is 613 g/mol. The van der Waals surface area contributed by atoms with E-state index in [1.54, 1.807) is 17.0 Å². The van der Waals surface area contributed by atoms with Gasteiger partial charge in [0.25, 0.3) is 0 Å². The third-order valence-corrected chi connectivity index (χ3v) is 9.44. The molecule has 1 unspecified atom stereocenters. The summed E-state index contributed by atoms with van der Waals surface area (Å²) in [5.41, 5.74) is 10.9. The molecule has 2 heterocycles. The maximum absolute atomic E-state index is 12.6. The van der Waals surface area contributed by atoms with Crippen LogP contribution in [0.25, 0.3) is 16.9 Å². The van der Waals surface area contributed by atoms with E-state index in [1.807, 2.05) is 73.3 Å². The first kappa shape index (κ1) is 29.4. The van der Waals surface area contributed by atoms with Crippen molar-refractivity contribution in [3.63, 3.8) is 0 Å². The number of para-hydroxylation sites is 1. The van der Waals surface area contributed by atoms with Gasteiger partial charge in [-0.05, 0) is 67.5 Å². The van der Waals surface area contributed by atoms with Crippen LogP contribution in [-0.4, -0.2) is 52.5 Å². The van der Waals surface area contributed by atoms with E-state index in [4.69, 9.17) is 10.5 Å². The van der Waals surface area contributed by atoms with Gasteiger partial charge >= 0.3 is 0 Å². The van der Waals surface area contributed by atoms with Crippen LogP contribution < -0.4 is 15.2 Å². The number of nitrogens with one attached hydrogen (secondary N) is 1. The van der Waals surface area contributed by atoms with Gasteiger partial charge in [0, 0.05) is 23.1 Å². The maximum Gasteiger partial charge on any atom is 0.244 e. The van der Waals surface area contributed by atoms with Crippen molar-refractivity contribution < 1.29 is 17.9 Å². The van der Waals surface area contributed by atoms with Gasteiger partial charge in [0.05, 0.1) is 42.8 Å². The number of anilines is 1. The number of amides is 1. The molecule has 0 spiro atoms. The Labute approximate surface area is 256 Å². The normalized spacial score (nSPS) is 19.2. The summed E-state index contributed by atoms with van der Waals surface area (Å²) in [6.45, 7) is 6.06. The van der Waals surface area contributed by atoms with E-state index >= 15 is 0 Å². The first-order valence-corrected chi connectivity index (χ1v) is 16.2. The Balaban J connectivity index is 1.58. The van der Waals surface area contributed by atoms with E-state index in [1.165, 1.54) is 7.11 Å². The van der Waals surface area contributed by atoms with Gasteiger partial charge in [-0.25, -0.2) is 17.8 Å². The highest BCUT2D eigenvalue weighted by Gasteiger charge is 2.46. The lowest BCUT2D eigenvalue weighted by molar-refractivity contribution is -0.114. The minimum absolute atomic E-state index is 0.124. The lowest BCUT2D eigenvalue weighted by Gasteiger charge is -2.39. The van der Waals surface area contributed by atoms with E-state index in [2.05, 4.69) is 27.1 Å². The topological polar surface area (TPSA) is 147 Å². The highest BCUT2D eigenvalue weighted by Crippen LogP contribution is 2.54. The van der Waals surface area contributed by atoms with Crippen LogP contribution in [0.5, 0.6) is 5.75 Å². The van der Waals surface area contributed by atoms with Crippen molar-refractivity contribution in [2.45, 2.75) is 51.0 Å². The summed E-state index contributed by atoms with van der Waals surface area (Å²) >= 11 is 0. The molecular formula is C32H35N7O4S. The van der Waals surface area contributed by atoms with Crippen molar-refractivity contribution in [3.8, 4) is 22.7 Å². The number of allylic oxidation sites excluding steroid dienone is 3. The van der Waals surface area contributed by atoms with Crippen LogP contribution in [0.1, 0.15) is 49.9 Å². The number of aromatic nitrogens is 5. The minimum Gasteiger partial charge on any atom is -0.494 e. The number of hydrogen-bond donors (Lipinski definition) is 2. The van der Waals surface area contributed by atoms with Crippen LogP contribution in [0, 0.1) is 6.92 Å². The Bertz CT molecular complexity index is 1950. The number of nitrogens with zero attached hydrogens (tertiary/aromatic N) is 5. The zero-order valence-electron chi connectivity index (χ0n) is 25.3. The van der Waals surface area contributed by atoms with Gasteiger partial charge in [-0.2, -0.15) is 5.10 Å². The molecule has 2 aliphatic rings. The minimum atomic E-state index is -3.65. The third-order valence-electron chi connectivity index (χ3n) is 8.85. The molecule has 6 rings (SSSR count). The molecule has 0 radical (unpaired) electrons. The number of carbonyl (C=O) groups excluding carboxylic acids is 1. The van der Waals surface area contributed by atoms with Gasteiger partial charge in [0.1, 0.15) is 17.0 Å². The van der Waals surface area contributed by atoms with Crippen molar-refractivity contribution >= 4 is 21.6 Å². The molecule has 0 bridgehead atoms. The second-order valence-corrected chi connectivity index (χ2v) is 13.7. The summed E-state index contributed by atoms with van der Waals surface area (Å²) in [4.78, 5) is 12.6. The molecule has 2 aliphatic carbocycles. The van der Waals surface area contributed by atoms with Crippen LogP contribution >= 0.6 is 0 Å². The number of rotatable bonds is 9.